The van der Waals surface area contributed by atoms with E-state index in [4.69, 9.17) is 0 Å². The zero-order valence-corrected chi connectivity index (χ0v) is 18.5. The molecule has 0 aliphatic heterocycles. The number of unbranched alkanes of at least 4 members (excludes halogenated alkanes) is 4. The molecule has 1 aromatic rings. The summed E-state index contributed by atoms with van der Waals surface area (Å²) in [6, 6.07) is 4.20. The number of hydrogen-bond donors (Lipinski definition) is 2. The second kappa shape index (κ2) is 12.8. The van der Waals surface area contributed by atoms with Crippen LogP contribution in [0.15, 0.2) is 23.2 Å². The first kappa shape index (κ1) is 24.4. The van der Waals surface area contributed by atoms with Crippen molar-refractivity contribution in [3.63, 3.8) is 0 Å². The fraction of sp³-hybridized carbons (Fsp3) is 0.667. The molecule has 0 saturated carbocycles. The quantitative estimate of drug-likeness (QED) is 0.308. The number of guanidine groups is 1. The maximum Gasteiger partial charge on any atom is 0.191 e. The van der Waals surface area contributed by atoms with Gasteiger partial charge in [0.2, 0.25) is 0 Å². The smallest absolute Gasteiger partial charge is 0.191 e. The van der Waals surface area contributed by atoms with Gasteiger partial charge in [-0.3, -0.25) is 4.99 Å². The van der Waals surface area contributed by atoms with Crippen LogP contribution in [0.1, 0.15) is 63.5 Å². The van der Waals surface area contributed by atoms with Crippen molar-refractivity contribution in [2.45, 2.75) is 64.7 Å². The minimum atomic E-state index is -3.19. The first-order valence-corrected chi connectivity index (χ1v) is 12.2. The Labute approximate surface area is 170 Å². The van der Waals surface area contributed by atoms with Crippen molar-refractivity contribution >= 4 is 15.8 Å². The van der Waals surface area contributed by atoms with Crippen LogP contribution < -0.4 is 10.6 Å². The number of nitrogens with zero attached hydrogens (tertiary/aromatic N) is 1. The molecule has 1 rings (SSSR count). The second-order valence-electron chi connectivity index (χ2n) is 7.60. The van der Waals surface area contributed by atoms with Crippen molar-refractivity contribution < 1.29 is 12.8 Å². The summed E-state index contributed by atoms with van der Waals surface area (Å²) in [5.74, 6) is 0.682. The number of hydrogen-bond acceptors (Lipinski definition) is 3. The molecule has 0 amide bonds. The van der Waals surface area contributed by atoms with Crippen LogP contribution in [0, 0.1) is 11.7 Å². The maximum atomic E-state index is 13.6. The molecule has 28 heavy (non-hydrogen) atoms. The molecule has 160 valence electrons. The molecule has 0 fully saturated rings. The molecule has 5 nitrogen and oxygen atoms in total. The Morgan fingerprint density at radius 1 is 1.14 bits per heavy atom. The van der Waals surface area contributed by atoms with Crippen LogP contribution in [0.25, 0.3) is 0 Å². The molecule has 0 aliphatic carbocycles. The van der Waals surface area contributed by atoms with Gasteiger partial charge in [0, 0.05) is 26.4 Å². The SMILES string of the molecule is CCCCCCCC(C)CNC(=NC)NCc1cc(F)ccc1CS(C)(=O)=O. The van der Waals surface area contributed by atoms with E-state index < -0.39 is 9.84 Å². The van der Waals surface area contributed by atoms with Crippen LogP contribution >= 0.6 is 0 Å². The van der Waals surface area contributed by atoms with Gasteiger partial charge in [-0.25, -0.2) is 12.8 Å². The van der Waals surface area contributed by atoms with Gasteiger partial charge in [0.1, 0.15) is 5.82 Å². The van der Waals surface area contributed by atoms with Gasteiger partial charge >= 0.3 is 0 Å². The van der Waals surface area contributed by atoms with Crippen LogP contribution in [0.5, 0.6) is 0 Å². The average molecular weight is 414 g/mol. The van der Waals surface area contributed by atoms with Crippen molar-refractivity contribution in [1.29, 1.82) is 0 Å². The highest BCUT2D eigenvalue weighted by atomic mass is 32.2. The molecule has 0 aliphatic rings. The Morgan fingerprint density at radius 3 is 2.50 bits per heavy atom. The standard InChI is InChI=1S/C21H36FN3O2S/c1-5-6-7-8-9-10-17(2)14-24-21(23-3)25-15-19-13-20(22)12-11-18(19)16-28(4,26)27/h11-13,17H,5-10,14-16H2,1-4H3,(H2,23,24,25). The van der Waals surface area contributed by atoms with Crippen molar-refractivity contribution in [2.75, 3.05) is 19.8 Å². The fourth-order valence-electron chi connectivity index (χ4n) is 3.05. The summed E-state index contributed by atoms with van der Waals surface area (Å²) in [4.78, 5) is 4.20. The monoisotopic (exact) mass is 413 g/mol. The van der Waals surface area contributed by atoms with E-state index in [0.29, 0.717) is 29.5 Å². The minimum Gasteiger partial charge on any atom is -0.356 e. The summed E-state index contributed by atoms with van der Waals surface area (Å²) >= 11 is 0. The number of benzene rings is 1. The highest BCUT2D eigenvalue weighted by Crippen LogP contribution is 2.14. The van der Waals surface area contributed by atoms with Gasteiger partial charge in [0.05, 0.1) is 5.75 Å². The van der Waals surface area contributed by atoms with E-state index >= 15 is 0 Å². The van der Waals surface area contributed by atoms with Gasteiger partial charge in [0.25, 0.3) is 0 Å². The highest BCUT2D eigenvalue weighted by Gasteiger charge is 2.11. The predicted molar refractivity (Wildman–Crippen MR) is 116 cm³/mol. The zero-order chi connectivity index (χ0) is 21.0. The zero-order valence-electron chi connectivity index (χ0n) is 17.7. The van der Waals surface area contributed by atoms with E-state index in [2.05, 4.69) is 29.5 Å². The lowest BCUT2D eigenvalue weighted by Gasteiger charge is -2.17. The van der Waals surface area contributed by atoms with E-state index in [-0.39, 0.29) is 11.6 Å². The Balaban J connectivity index is 2.51. The summed E-state index contributed by atoms with van der Waals surface area (Å²) in [6.07, 6.45) is 8.76. The number of nitrogens with one attached hydrogen (secondary N) is 2. The molecule has 0 spiro atoms. The molecule has 7 heteroatoms. The molecule has 2 N–H and O–H groups in total. The van der Waals surface area contributed by atoms with E-state index in [1.807, 2.05) is 0 Å². The Bertz CT molecular complexity index is 720. The van der Waals surface area contributed by atoms with Crippen molar-refractivity contribution in [3.05, 3.63) is 35.1 Å². The molecular formula is C21H36FN3O2S. The molecule has 0 bridgehead atoms. The predicted octanol–water partition coefficient (Wildman–Crippen LogP) is 4.03. The molecule has 1 atom stereocenters. The summed E-state index contributed by atoms with van der Waals surface area (Å²) in [7, 11) is -1.50. The van der Waals surface area contributed by atoms with E-state index in [1.165, 1.54) is 63.0 Å². The lowest BCUT2D eigenvalue weighted by atomic mass is 10.0. The maximum absolute atomic E-state index is 13.6. The largest absolute Gasteiger partial charge is 0.356 e. The Hall–Kier alpha value is -1.63. The summed E-state index contributed by atoms with van der Waals surface area (Å²) in [5, 5.41) is 6.46. The number of rotatable bonds is 12. The van der Waals surface area contributed by atoms with Gasteiger partial charge < -0.3 is 10.6 Å². The van der Waals surface area contributed by atoms with E-state index in [0.717, 1.165) is 6.54 Å². The third-order valence-electron chi connectivity index (χ3n) is 4.67. The summed E-state index contributed by atoms with van der Waals surface area (Å²) in [6.45, 7) is 5.57. The molecular weight excluding hydrogens is 377 g/mol. The second-order valence-corrected chi connectivity index (χ2v) is 9.74. The van der Waals surface area contributed by atoms with Crippen molar-refractivity contribution in [2.24, 2.45) is 10.9 Å². The van der Waals surface area contributed by atoms with Crippen molar-refractivity contribution in [3.8, 4) is 0 Å². The summed E-state index contributed by atoms with van der Waals surface area (Å²) < 4.78 is 36.8. The first-order chi connectivity index (χ1) is 13.2. The Morgan fingerprint density at radius 2 is 1.86 bits per heavy atom. The molecule has 0 radical (unpaired) electrons. The van der Waals surface area contributed by atoms with Crippen LogP contribution in [-0.4, -0.2) is 34.2 Å². The summed E-state index contributed by atoms with van der Waals surface area (Å²) in [5.41, 5.74) is 1.23. The minimum absolute atomic E-state index is 0.106. The van der Waals surface area contributed by atoms with Crippen LogP contribution in [0.2, 0.25) is 0 Å². The number of aliphatic imine (C=N–C) groups is 1. The van der Waals surface area contributed by atoms with Gasteiger partial charge in [-0.05, 0) is 35.6 Å². The fourth-order valence-corrected chi connectivity index (χ4v) is 3.90. The topological polar surface area (TPSA) is 70.6 Å². The van der Waals surface area contributed by atoms with Gasteiger partial charge in [-0.2, -0.15) is 0 Å². The molecule has 0 heterocycles. The normalized spacial score (nSPS) is 13.4. The average Bonchev–Trinajstić information content (AvgIpc) is 2.62. The molecule has 1 aromatic carbocycles. The molecule has 0 aromatic heterocycles. The van der Waals surface area contributed by atoms with Crippen LogP contribution in [-0.2, 0) is 22.1 Å². The van der Waals surface area contributed by atoms with Gasteiger partial charge in [-0.1, -0.05) is 52.0 Å². The number of halogens is 1. The van der Waals surface area contributed by atoms with E-state index in [9.17, 15) is 12.8 Å². The molecule has 0 saturated heterocycles. The van der Waals surface area contributed by atoms with E-state index in [1.54, 1.807) is 7.05 Å². The third kappa shape index (κ3) is 10.6. The van der Waals surface area contributed by atoms with Crippen molar-refractivity contribution in [1.82, 2.24) is 10.6 Å². The van der Waals surface area contributed by atoms with Crippen LogP contribution in [0.3, 0.4) is 0 Å². The Kier molecular flexibility index (Phi) is 11.1. The first-order valence-electron chi connectivity index (χ1n) is 10.1. The highest BCUT2D eigenvalue weighted by molar-refractivity contribution is 7.89. The third-order valence-corrected chi connectivity index (χ3v) is 5.51. The van der Waals surface area contributed by atoms with Gasteiger partial charge in [0.15, 0.2) is 15.8 Å². The van der Waals surface area contributed by atoms with Gasteiger partial charge in [-0.15, -0.1) is 0 Å². The lowest BCUT2D eigenvalue weighted by molar-refractivity contribution is 0.477. The molecule has 1 unspecified atom stereocenters. The van der Waals surface area contributed by atoms with Crippen LogP contribution in [0.4, 0.5) is 4.39 Å². The lowest BCUT2D eigenvalue weighted by Crippen LogP contribution is -2.39. The number of sulfone groups is 1.